The minimum absolute atomic E-state index is 0.221. The van der Waals surface area contributed by atoms with Crippen LogP contribution in [-0.2, 0) is 4.74 Å². The topological polar surface area (TPSA) is 64.2 Å². The van der Waals surface area contributed by atoms with Gasteiger partial charge < -0.3 is 14.5 Å². The highest BCUT2D eigenvalue weighted by Gasteiger charge is 2.19. The maximum atomic E-state index is 11.7. The molecule has 0 aliphatic heterocycles. The second kappa shape index (κ2) is 5.88. The van der Waals surface area contributed by atoms with E-state index in [4.69, 9.17) is 9.47 Å². The van der Waals surface area contributed by atoms with Gasteiger partial charge in [-0.3, -0.25) is 0 Å². The minimum Gasteiger partial charge on any atom is -0.461 e. The van der Waals surface area contributed by atoms with Crippen LogP contribution in [-0.4, -0.2) is 22.5 Å². The predicted molar refractivity (Wildman–Crippen MR) is 73.5 cm³/mol. The van der Waals surface area contributed by atoms with Gasteiger partial charge in [-0.05, 0) is 38.1 Å². The fraction of sp³-hybridized carbons (Fsp3) is 0.231. The molecule has 1 aromatic carbocycles. The number of aryl methyl sites for hydroxylation is 1. The number of carbonyl (C=O) groups is 1. The van der Waals surface area contributed by atoms with Crippen LogP contribution in [0, 0.1) is 6.92 Å². The van der Waals surface area contributed by atoms with Crippen LogP contribution in [0.2, 0.25) is 0 Å². The van der Waals surface area contributed by atoms with Gasteiger partial charge in [-0.25, -0.2) is 4.79 Å². The first kappa shape index (κ1) is 13.6. The number of hydrogen-bond acceptors (Lipinski definition) is 4. The van der Waals surface area contributed by atoms with Crippen LogP contribution in [0.3, 0.4) is 0 Å². The normalized spacial score (nSPS) is 10.3. The van der Waals surface area contributed by atoms with E-state index in [9.17, 15) is 4.79 Å². The first-order chi connectivity index (χ1) is 9.10. The van der Waals surface area contributed by atoms with Crippen LogP contribution in [0.4, 0.5) is 0 Å². The molecule has 0 spiro atoms. The van der Waals surface area contributed by atoms with Gasteiger partial charge >= 0.3 is 5.97 Å². The molecule has 0 aliphatic rings. The number of halogens is 1. The number of ether oxygens (including phenoxy) is 2. The quantitative estimate of drug-likeness (QED) is 0.875. The van der Waals surface area contributed by atoms with Crippen molar-refractivity contribution in [3.8, 4) is 11.6 Å². The van der Waals surface area contributed by atoms with Crippen LogP contribution in [0.1, 0.15) is 23.2 Å². The monoisotopic (exact) mass is 324 g/mol. The van der Waals surface area contributed by atoms with E-state index in [1.807, 2.05) is 12.1 Å². The highest BCUT2D eigenvalue weighted by Crippen LogP contribution is 2.25. The Kier molecular flexibility index (Phi) is 4.21. The fourth-order valence-electron chi connectivity index (χ4n) is 1.50. The fourth-order valence-corrected chi connectivity index (χ4v) is 1.76. The Morgan fingerprint density at radius 2 is 2.05 bits per heavy atom. The molecule has 2 aromatic rings. The van der Waals surface area contributed by atoms with Gasteiger partial charge in [0.25, 0.3) is 5.88 Å². The second-order valence-corrected chi connectivity index (χ2v) is 4.69. The molecule has 1 N–H and O–H groups in total. The molecule has 0 aliphatic carbocycles. The molecule has 2 rings (SSSR count). The predicted octanol–water partition coefficient (Wildman–Crippen LogP) is 3.45. The highest BCUT2D eigenvalue weighted by molar-refractivity contribution is 9.10. The van der Waals surface area contributed by atoms with Crippen molar-refractivity contribution in [3.63, 3.8) is 0 Å². The summed E-state index contributed by atoms with van der Waals surface area (Å²) in [4.78, 5) is 18.7. The smallest absolute Gasteiger partial charge is 0.360 e. The molecule has 0 fully saturated rings. The average Bonchev–Trinajstić information content (AvgIpc) is 2.74. The number of hydrogen-bond donors (Lipinski definition) is 1. The van der Waals surface area contributed by atoms with Gasteiger partial charge in [0.15, 0.2) is 5.69 Å². The first-order valence-corrected chi connectivity index (χ1v) is 6.56. The van der Waals surface area contributed by atoms with Crippen LogP contribution in [0.5, 0.6) is 11.6 Å². The van der Waals surface area contributed by atoms with E-state index < -0.39 is 5.97 Å². The van der Waals surface area contributed by atoms with Crippen molar-refractivity contribution in [1.29, 1.82) is 0 Å². The molecule has 0 saturated heterocycles. The van der Waals surface area contributed by atoms with Gasteiger partial charge in [0.05, 0.1) is 6.61 Å². The molecule has 0 amide bonds. The number of nitrogens with zero attached hydrogens (tertiary/aromatic N) is 1. The van der Waals surface area contributed by atoms with Gasteiger partial charge in [0, 0.05) is 4.47 Å². The Labute approximate surface area is 119 Å². The number of rotatable bonds is 4. The summed E-state index contributed by atoms with van der Waals surface area (Å²) in [5.74, 6) is 0.934. The highest BCUT2D eigenvalue weighted by atomic mass is 79.9. The molecular formula is C13H13BrN2O3. The van der Waals surface area contributed by atoms with E-state index in [0.29, 0.717) is 18.2 Å². The van der Waals surface area contributed by atoms with Crippen LogP contribution in [0.25, 0.3) is 0 Å². The zero-order chi connectivity index (χ0) is 13.8. The zero-order valence-corrected chi connectivity index (χ0v) is 12.2. The third kappa shape index (κ3) is 3.35. The third-order valence-electron chi connectivity index (χ3n) is 2.30. The largest absolute Gasteiger partial charge is 0.461 e. The lowest BCUT2D eigenvalue weighted by molar-refractivity contribution is 0.0517. The molecular weight excluding hydrogens is 312 g/mol. The van der Waals surface area contributed by atoms with Gasteiger partial charge in [0.2, 0.25) is 0 Å². The summed E-state index contributed by atoms with van der Waals surface area (Å²) in [6.07, 6.45) is 0. The summed E-state index contributed by atoms with van der Waals surface area (Å²) in [6.45, 7) is 3.79. The average molecular weight is 325 g/mol. The minimum atomic E-state index is -0.477. The van der Waals surface area contributed by atoms with Crippen LogP contribution >= 0.6 is 15.9 Å². The lowest BCUT2D eigenvalue weighted by Gasteiger charge is -2.05. The van der Waals surface area contributed by atoms with Gasteiger partial charge in [-0.2, -0.15) is 4.98 Å². The molecule has 19 heavy (non-hydrogen) atoms. The van der Waals surface area contributed by atoms with Crippen molar-refractivity contribution in [1.82, 2.24) is 9.97 Å². The Balaban J connectivity index is 2.24. The Morgan fingerprint density at radius 3 is 2.68 bits per heavy atom. The van der Waals surface area contributed by atoms with Crippen molar-refractivity contribution < 1.29 is 14.3 Å². The summed E-state index contributed by atoms with van der Waals surface area (Å²) in [5, 5.41) is 0. The number of imidazole rings is 1. The zero-order valence-electron chi connectivity index (χ0n) is 10.6. The van der Waals surface area contributed by atoms with Gasteiger partial charge in [-0.15, -0.1) is 0 Å². The number of carbonyl (C=O) groups excluding carboxylic acids is 1. The standard InChI is InChI=1S/C13H13BrN2O3/c1-3-18-13(17)11-12(16-8(2)15-11)19-10-6-4-9(14)5-7-10/h4-7H,3H2,1-2H3,(H,15,16). The number of nitrogens with one attached hydrogen (secondary N) is 1. The van der Waals surface area contributed by atoms with Crippen molar-refractivity contribution >= 4 is 21.9 Å². The van der Waals surface area contributed by atoms with Crippen LogP contribution in [0.15, 0.2) is 28.7 Å². The molecule has 0 bridgehead atoms. The summed E-state index contributed by atoms with van der Waals surface area (Å²) in [7, 11) is 0. The van der Waals surface area contributed by atoms with E-state index >= 15 is 0 Å². The Bertz CT molecular complexity index is 578. The van der Waals surface area contributed by atoms with E-state index in [-0.39, 0.29) is 11.6 Å². The van der Waals surface area contributed by atoms with E-state index in [1.165, 1.54) is 0 Å². The Morgan fingerprint density at radius 1 is 1.37 bits per heavy atom. The summed E-state index contributed by atoms with van der Waals surface area (Å²) >= 11 is 3.34. The summed E-state index contributed by atoms with van der Waals surface area (Å²) in [5.41, 5.74) is 0.224. The SMILES string of the molecule is CCOC(=O)c1[nH]c(C)nc1Oc1ccc(Br)cc1. The Hall–Kier alpha value is -1.82. The van der Waals surface area contributed by atoms with Crippen molar-refractivity contribution in [2.75, 3.05) is 6.61 Å². The lowest BCUT2D eigenvalue weighted by atomic mass is 10.3. The number of aromatic amines is 1. The molecule has 0 radical (unpaired) electrons. The van der Waals surface area contributed by atoms with E-state index in [0.717, 1.165) is 4.47 Å². The maximum Gasteiger partial charge on any atom is 0.360 e. The lowest BCUT2D eigenvalue weighted by Crippen LogP contribution is -2.06. The third-order valence-corrected chi connectivity index (χ3v) is 2.83. The van der Waals surface area contributed by atoms with Crippen LogP contribution < -0.4 is 4.74 Å². The summed E-state index contributed by atoms with van der Waals surface area (Å²) in [6, 6.07) is 7.25. The molecule has 5 nitrogen and oxygen atoms in total. The molecule has 6 heteroatoms. The molecule has 100 valence electrons. The second-order valence-electron chi connectivity index (χ2n) is 3.78. The molecule has 0 unspecified atom stereocenters. The van der Waals surface area contributed by atoms with Gasteiger partial charge in [0.1, 0.15) is 11.6 Å². The number of benzene rings is 1. The maximum absolute atomic E-state index is 11.7. The number of aromatic nitrogens is 2. The van der Waals surface area contributed by atoms with Crippen molar-refractivity contribution in [3.05, 3.63) is 40.3 Å². The van der Waals surface area contributed by atoms with Crippen molar-refractivity contribution in [2.45, 2.75) is 13.8 Å². The molecule has 1 heterocycles. The van der Waals surface area contributed by atoms with Crippen molar-refractivity contribution in [2.24, 2.45) is 0 Å². The number of esters is 1. The first-order valence-electron chi connectivity index (χ1n) is 5.77. The van der Waals surface area contributed by atoms with E-state index in [1.54, 1.807) is 26.0 Å². The van der Waals surface area contributed by atoms with E-state index in [2.05, 4.69) is 25.9 Å². The van der Waals surface area contributed by atoms with Gasteiger partial charge in [-0.1, -0.05) is 15.9 Å². The molecule has 0 atom stereocenters. The number of H-pyrrole nitrogens is 1. The molecule has 0 saturated carbocycles. The summed E-state index contributed by atoms with van der Waals surface area (Å²) < 4.78 is 11.5. The molecule has 1 aromatic heterocycles.